The van der Waals surface area contributed by atoms with Gasteiger partial charge in [-0.2, -0.15) is 4.99 Å². The fourth-order valence-electron chi connectivity index (χ4n) is 3.41. The van der Waals surface area contributed by atoms with Crippen LogP contribution in [-0.2, 0) is 9.59 Å². The highest BCUT2D eigenvalue weighted by atomic mass is 32.2. The Labute approximate surface area is 174 Å². The van der Waals surface area contributed by atoms with Crippen LogP contribution >= 0.6 is 11.8 Å². The molecule has 148 valence electrons. The minimum absolute atomic E-state index is 0.114. The number of carbonyl (C=O) groups is 2. The predicted molar refractivity (Wildman–Crippen MR) is 118 cm³/mol. The van der Waals surface area contributed by atoms with Gasteiger partial charge in [-0.25, -0.2) is 4.99 Å². The monoisotopic (exact) mass is 406 g/mol. The van der Waals surface area contributed by atoms with Crippen LogP contribution in [0.2, 0.25) is 0 Å². The molecule has 2 amide bonds. The van der Waals surface area contributed by atoms with Crippen LogP contribution in [0.1, 0.15) is 30.9 Å². The number of para-hydroxylation sites is 1. The van der Waals surface area contributed by atoms with E-state index in [4.69, 9.17) is 4.99 Å². The number of amides is 2. The van der Waals surface area contributed by atoms with Crippen LogP contribution in [0.25, 0.3) is 0 Å². The smallest absolute Gasteiger partial charge is 0.270 e. The summed E-state index contributed by atoms with van der Waals surface area (Å²) in [6.45, 7) is 4.05. The van der Waals surface area contributed by atoms with Gasteiger partial charge in [0.25, 0.3) is 5.91 Å². The molecule has 1 N–H and O–H groups in total. The Morgan fingerprint density at radius 1 is 1.14 bits per heavy atom. The van der Waals surface area contributed by atoms with Crippen LogP contribution in [0.15, 0.2) is 58.5 Å². The molecule has 6 nitrogen and oxygen atoms in total. The lowest BCUT2D eigenvalue weighted by molar-refractivity contribution is -0.119. The largest absolute Gasteiger partial charge is 0.325 e. The molecule has 0 bridgehead atoms. The van der Waals surface area contributed by atoms with E-state index in [-0.39, 0.29) is 23.6 Å². The SMILES string of the molecule is CCCC1C(=O)N=C2c3ccccc3N=C(SCC(=O)Nc3ccc(C)cc3)N21. The van der Waals surface area contributed by atoms with E-state index >= 15 is 0 Å². The topological polar surface area (TPSA) is 74.1 Å². The number of aliphatic imine (C=N–C) groups is 2. The number of anilines is 1. The zero-order chi connectivity index (χ0) is 20.4. The number of rotatable bonds is 5. The Morgan fingerprint density at radius 2 is 1.90 bits per heavy atom. The molecule has 7 heteroatoms. The molecular formula is C22H22N4O2S. The number of carbonyl (C=O) groups excluding carboxylic acids is 2. The fourth-order valence-corrected chi connectivity index (χ4v) is 4.26. The minimum atomic E-state index is -0.352. The van der Waals surface area contributed by atoms with Gasteiger partial charge in [0, 0.05) is 11.3 Å². The first-order chi connectivity index (χ1) is 14.1. The lowest BCUT2D eigenvalue weighted by atomic mass is 10.1. The highest BCUT2D eigenvalue weighted by molar-refractivity contribution is 8.14. The third kappa shape index (κ3) is 3.96. The molecule has 0 radical (unpaired) electrons. The number of nitrogens with one attached hydrogen (secondary N) is 1. The molecule has 2 aromatic carbocycles. The number of thioether (sulfide) groups is 1. The van der Waals surface area contributed by atoms with Crippen LogP contribution in [0.4, 0.5) is 11.4 Å². The molecule has 29 heavy (non-hydrogen) atoms. The molecule has 1 unspecified atom stereocenters. The number of nitrogens with zero attached hydrogens (tertiary/aromatic N) is 3. The molecule has 4 rings (SSSR count). The van der Waals surface area contributed by atoms with Crippen LogP contribution in [-0.4, -0.2) is 39.5 Å². The highest BCUT2D eigenvalue weighted by Gasteiger charge is 2.41. The molecule has 0 saturated heterocycles. The van der Waals surface area contributed by atoms with Crippen molar-refractivity contribution in [2.45, 2.75) is 32.7 Å². The van der Waals surface area contributed by atoms with Gasteiger partial charge in [-0.3, -0.25) is 14.5 Å². The van der Waals surface area contributed by atoms with Crippen molar-refractivity contribution in [3.63, 3.8) is 0 Å². The second kappa shape index (κ2) is 8.21. The maximum Gasteiger partial charge on any atom is 0.270 e. The molecule has 2 aromatic rings. The maximum atomic E-state index is 12.5. The molecular weight excluding hydrogens is 384 g/mol. The molecule has 2 aliphatic heterocycles. The van der Waals surface area contributed by atoms with Crippen molar-refractivity contribution in [1.82, 2.24) is 4.90 Å². The summed E-state index contributed by atoms with van der Waals surface area (Å²) in [6.07, 6.45) is 1.56. The summed E-state index contributed by atoms with van der Waals surface area (Å²) in [5.41, 5.74) is 3.53. The Kier molecular flexibility index (Phi) is 5.49. The van der Waals surface area contributed by atoms with Gasteiger partial charge in [0.05, 0.1) is 11.4 Å². The van der Waals surface area contributed by atoms with Gasteiger partial charge in [-0.1, -0.05) is 54.9 Å². The molecule has 0 fully saturated rings. The van der Waals surface area contributed by atoms with Crippen molar-refractivity contribution in [2.75, 3.05) is 11.1 Å². The molecule has 0 spiro atoms. The van der Waals surface area contributed by atoms with Gasteiger partial charge in [0.1, 0.15) is 11.9 Å². The van der Waals surface area contributed by atoms with Crippen molar-refractivity contribution < 1.29 is 9.59 Å². The maximum absolute atomic E-state index is 12.5. The van der Waals surface area contributed by atoms with Crippen LogP contribution in [0.5, 0.6) is 0 Å². The van der Waals surface area contributed by atoms with E-state index in [9.17, 15) is 9.59 Å². The standard InChI is InChI=1S/C22H22N4O2S/c1-3-6-18-21(28)25-20-16-7-4-5-8-17(16)24-22(26(18)20)29-13-19(27)23-15-11-9-14(2)10-12-15/h4-5,7-12,18H,3,6,13H2,1-2H3,(H,23,27). The number of fused-ring (bicyclic) bond motifs is 3. The van der Waals surface area contributed by atoms with Crippen LogP contribution in [0, 0.1) is 6.92 Å². The lowest BCUT2D eigenvalue weighted by Gasteiger charge is -2.30. The molecule has 0 aliphatic carbocycles. The third-order valence-electron chi connectivity index (χ3n) is 4.84. The first-order valence-corrected chi connectivity index (χ1v) is 10.6. The van der Waals surface area contributed by atoms with E-state index in [0.717, 1.165) is 28.9 Å². The van der Waals surface area contributed by atoms with Gasteiger partial charge in [-0.05, 0) is 37.6 Å². The van der Waals surface area contributed by atoms with E-state index < -0.39 is 0 Å². The van der Waals surface area contributed by atoms with E-state index in [0.29, 0.717) is 17.4 Å². The second-order valence-electron chi connectivity index (χ2n) is 7.06. The van der Waals surface area contributed by atoms with Gasteiger partial charge in [-0.15, -0.1) is 0 Å². The number of benzene rings is 2. The summed E-state index contributed by atoms with van der Waals surface area (Å²) in [4.78, 5) is 35.9. The first kappa shape index (κ1) is 19.4. The zero-order valence-corrected chi connectivity index (χ0v) is 17.2. The number of hydrogen-bond acceptors (Lipinski definition) is 5. The van der Waals surface area contributed by atoms with Crippen molar-refractivity contribution in [3.05, 3.63) is 59.7 Å². The predicted octanol–water partition coefficient (Wildman–Crippen LogP) is 4.13. The van der Waals surface area contributed by atoms with Crippen molar-refractivity contribution in [2.24, 2.45) is 9.98 Å². The zero-order valence-electron chi connectivity index (χ0n) is 16.4. The summed E-state index contributed by atoms with van der Waals surface area (Å²) in [5.74, 6) is 0.582. The van der Waals surface area contributed by atoms with Crippen LogP contribution in [0.3, 0.4) is 0 Å². The minimum Gasteiger partial charge on any atom is -0.325 e. The molecule has 1 atom stereocenters. The summed E-state index contributed by atoms with van der Waals surface area (Å²) in [6, 6.07) is 15.0. The van der Waals surface area contributed by atoms with Crippen molar-refractivity contribution in [1.29, 1.82) is 0 Å². The number of aryl methyl sites for hydroxylation is 1. The fraction of sp³-hybridized carbons (Fsp3) is 0.273. The van der Waals surface area contributed by atoms with Gasteiger partial charge in [0.15, 0.2) is 5.17 Å². The van der Waals surface area contributed by atoms with Crippen molar-refractivity contribution >= 4 is 46.0 Å². The molecule has 2 aliphatic rings. The highest BCUT2D eigenvalue weighted by Crippen LogP contribution is 2.35. The van der Waals surface area contributed by atoms with E-state index in [1.165, 1.54) is 11.8 Å². The quantitative estimate of drug-likeness (QED) is 0.810. The average Bonchev–Trinajstić information content (AvgIpc) is 3.05. The Balaban J connectivity index is 1.54. The molecule has 2 heterocycles. The van der Waals surface area contributed by atoms with Gasteiger partial charge < -0.3 is 5.32 Å². The molecule has 0 aromatic heterocycles. The van der Waals surface area contributed by atoms with E-state index in [2.05, 4.69) is 10.3 Å². The summed E-state index contributed by atoms with van der Waals surface area (Å²) in [5, 5.41) is 3.55. The van der Waals surface area contributed by atoms with E-state index in [1.807, 2.05) is 67.3 Å². The Morgan fingerprint density at radius 3 is 2.66 bits per heavy atom. The van der Waals surface area contributed by atoms with Gasteiger partial charge in [0.2, 0.25) is 5.91 Å². The normalized spacial score (nSPS) is 17.4. The van der Waals surface area contributed by atoms with E-state index in [1.54, 1.807) is 0 Å². The summed E-state index contributed by atoms with van der Waals surface area (Å²) < 4.78 is 0. The van der Waals surface area contributed by atoms with Crippen molar-refractivity contribution in [3.8, 4) is 0 Å². The Hall–Kier alpha value is -2.93. The third-order valence-corrected chi connectivity index (χ3v) is 5.79. The van der Waals surface area contributed by atoms with Crippen LogP contribution < -0.4 is 5.32 Å². The summed E-state index contributed by atoms with van der Waals surface area (Å²) >= 11 is 1.33. The Bertz CT molecular complexity index is 1010. The first-order valence-electron chi connectivity index (χ1n) is 9.66. The number of amidine groups is 2. The second-order valence-corrected chi connectivity index (χ2v) is 8.01. The van der Waals surface area contributed by atoms with Gasteiger partial charge >= 0.3 is 0 Å². The number of hydrogen-bond donors (Lipinski definition) is 1. The lowest BCUT2D eigenvalue weighted by Crippen LogP contribution is -2.43. The average molecular weight is 407 g/mol. The molecule has 0 saturated carbocycles. The summed E-state index contributed by atoms with van der Waals surface area (Å²) in [7, 11) is 0.